The summed E-state index contributed by atoms with van der Waals surface area (Å²) in [6.45, 7) is 0. The highest BCUT2D eigenvalue weighted by Gasteiger charge is 2.35. The van der Waals surface area contributed by atoms with Gasteiger partial charge in [-0.2, -0.15) is 0 Å². The SMILES string of the molecule is O=S1(=O)c2ccccc2-c2c(-c3nc(-c4ccccc4)nc(-c4ccccc4)n3)cccc21. The molecule has 0 bridgehead atoms. The van der Waals surface area contributed by atoms with Gasteiger partial charge in [-0.15, -0.1) is 0 Å². The summed E-state index contributed by atoms with van der Waals surface area (Å²) >= 11 is 0. The number of fused-ring (bicyclic) bond motifs is 3. The summed E-state index contributed by atoms with van der Waals surface area (Å²) in [6, 6.07) is 31.7. The summed E-state index contributed by atoms with van der Waals surface area (Å²) in [4.78, 5) is 14.9. The van der Waals surface area contributed by atoms with Crippen molar-refractivity contribution >= 4 is 9.84 Å². The van der Waals surface area contributed by atoms with Gasteiger partial charge in [0.05, 0.1) is 9.79 Å². The lowest BCUT2D eigenvalue weighted by Crippen LogP contribution is -2.01. The normalized spacial score (nSPS) is 13.3. The lowest BCUT2D eigenvalue weighted by molar-refractivity contribution is 0.598. The van der Waals surface area contributed by atoms with Crippen LogP contribution in [-0.4, -0.2) is 23.4 Å². The highest BCUT2D eigenvalue weighted by Crippen LogP contribution is 2.47. The molecule has 0 fully saturated rings. The molecular formula is C27H17N3O2S. The monoisotopic (exact) mass is 447 g/mol. The topological polar surface area (TPSA) is 72.8 Å². The van der Waals surface area contributed by atoms with Crippen LogP contribution in [0.1, 0.15) is 0 Å². The standard InChI is InChI=1S/C27H17N3O2S/c31-33(32)22-16-8-7-14-20(22)24-21(15-9-17-23(24)33)27-29-25(18-10-3-1-4-11-18)28-26(30-27)19-12-5-2-6-13-19/h1-17H. The molecule has 0 unspecified atom stereocenters. The molecule has 33 heavy (non-hydrogen) atoms. The van der Waals surface area contributed by atoms with Crippen molar-refractivity contribution in [2.45, 2.75) is 9.79 Å². The van der Waals surface area contributed by atoms with Gasteiger partial charge < -0.3 is 0 Å². The summed E-state index contributed by atoms with van der Waals surface area (Å²) in [7, 11) is -3.59. The van der Waals surface area contributed by atoms with Crippen molar-refractivity contribution in [3.63, 3.8) is 0 Å². The molecule has 0 aliphatic carbocycles. The van der Waals surface area contributed by atoms with E-state index in [4.69, 9.17) is 15.0 Å². The Bertz CT molecular complexity index is 1560. The van der Waals surface area contributed by atoms with Gasteiger partial charge in [0.1, 0.15) is 0 Å². The zero-order chi connectivity index (χ0) is 22.4. The van der Waals surface area contributed by atoms with Gasteiger partial charge in [0.25, 0.3) is 0 Å². The lowest BCUT2D eigenvalue weighted by atomic mass is 9.99. The summed E-state index contributed by atoms with van der Waals surface area (Å²) < 4.78 is 26.4. The second-order valence-corrected chi connectivity index (χ2v) is 9.60. The van der Waals surface area contributed by atoms with Crippen molar-refractivity contribution in [2.75, 3.05) is 0 Å². The van der Waals surface area contributed by atoms with Gasteiger partial charge >= 0.3 is 0 Å². The van der Waals surface area contributed by atoms with Crippen LogP contribution in [0.15, 0.2) is 113 Å². The molecule has 0 saturated heterocycles. The van der Waals surface area contributed by atoms with Gasteiger partial charge in [-0.3, -0.25) is 0 Å². The number of aromatic nitrogens is 3. The van der Waals surface area contributed by atoms with E-state index in [1.807, 2.05) is 78.9 Å². The summed E-state index contributed by atoms with van der Waals surface area (Å²) in [5.74, 6) is 1.50. The van der Waals surface area contributed by atoms with Crippen molar-refractivity contribution in [2.24, 2.45) is 0 Å². The first-order chi connectivity index (χ1) is 16.1. The number of hydrogen-bond donors (Lipinski definition) is 0. The smallest absolute Gasteiger partial charge is 0.207 e. The lowest BCUT2D eigenvalue weighted by Gasteiger charge is -2.11. The Balaban J connectivity index is 1.65. The van der Waals surface area contributed by atoms with Gasteiger partial charge in [-0.05, 0) is 12.1 Å². The molecule has 6 rings (SSSR count). The molecule has 0 N–H and O–H groups in total. The third-order valence-corrected chi connectivity index (χ3v) is 7.56. The molecule has 6 heteroatoms. The Hall–Kier alpha value is -4.16. The van der Waals surface area contributed by atoms with Crippen LogP contribution in [0.5, 0.6) is 0 Å². The molecule has 158 valence electrons. The molecule has 1 aliphatic rings. The Morgan fingerprint density at radius 2 is 0.939 bits per heavy atom. The van der Waals surface area contributed by atoms with Crippen LogP contribution < -0.4 is 0 Å². The molecule has 4 aromatic carbocycles. The molecule has 2 heterocycles. The van der Waals surface area contributed by atoms with E-state index >= 15 is 0 Å². The first-order valence-corrected chi connectivity index (χ1v) is 12.0. The van der Waals surface area contributed by atoms with Crippen LogP contribution in [0.4, 0.5) is 0 Å². The quantitative estimate of drug-likeness (QED) is 0.349. The number of nitrogens with zero attached hydrogens (tertiary/aromatic N) is 3. The summed E-state index contributed by atoms with van der Waals surface area (Å²) in [5, 5.41) is 0. The molecule has 1 aliphatic heterocycles. The van der Waals surface area contributed by atoms with E-state index in [1.165, 1.54) is 0 Å². The third kappa shape index (κ3) is 3.15. The highest BCUT2D eigenvalue weighted by atomic mass is 32.2. The van der Waals surface area contributed by atoms with E-state index < -0.39 is 9.84 Å². The zero-order valence-corrected chi connectivity index (χ0v) is 18.2. The Morgan fingerprint density at radius 1 is 0.455 bits per heavy atom. The van der Waals surface area contributed by atoms with Crippen molar-refractivity contribution in [3.05, 3.63) is 103 Å². The van der Waals surface area contributed by atoms with Crippen LogP contribution in [0.2, 0.25) is 0 Å². The fourth-order valence-corrected chi connectivity index (χ4v) is 5.87. The third-order valence-electron chi connectivity index (χ3n) is 5.70. The zero-order valence-electron chi connectivity index (χ0n) is 17.4. The second-order valence-electron chi connectivity index (χ2n) is 7.72. The predicted octanol–water partition coefficient (Wildman–Crippen LogP) is 5.69. The minimum Gasteiger partial charge on any atom is -0.218 e. The van der Waals surface area contributed by atoms with Gasteiger partial charge in [0, 0.05) is 27.8 Å². The Labute approximate surface area is 191 Å². The largest absolute Gasteiger partial charge is 0.218 e. The maximum absolute atomic E-state index is 13.2. The highest BCUT2D eigenvalue weighted by molar-refractivity contribution is 7.92. The average Bonchev–Trinajstić information content (AvgIpc) is 3.12. The van der Waals surface area contributed by atoms with Gasteiger partial charge in [-0.25, -0.2) is 23.4 Å². The van der Waals surface area contributed by atoms with E-state index in [9.17, 15) is 8.42 Å². The molecule has 5 nitrogen and oxygen atoms in total. The molecule has 0 radical (unpaired) electrons. The molecule has 0 saturated carbocycles. The van der Waals surface area contributed by atoms with Gasteiger partial charge in [-0.1, -0.05) is 91.0 Å². The minimum absolute atomic E-state index is 0.282. The van der Waals surface area contributed by atoms with Crippen molar-refractivity contribution in [1.82, 2.24) is 15.0 Å². The van der Waals surface area contributed by atoms with Crippen LogP contribution in [0, 0.1) is 0 Å². The predicted molar refractivity (Wildman–Crippen MR) is 127 cm³/mol. The Kier molecular flexibility index (Phi) is 4.41. The average molecular weight is 448 g/mol. The number of hydrogen-bond acceptors (Lipinski definition) is 5. The van der Waals surface area contributed by atoms with E-state index in [0.29, 0.717) is 39.1 Å². The van der Waals surface area contributed by atoms with Crippen molar-refractivity contribution in [1.29, 1.82) is 0 Å². The van der Waals surface area contributed by atoms with Gasteiger partial charge in [0.15, 0.2) is 17.5 Å². The van der Waals surface area contributed by atoms with Crippen LogP contribution in [-0.2, 0) is 9.84 Å². The molecule has 0 amide bonds. The number of sulfone groups is 1. The van der Waals surface area contributed by atoms with E-state index in [1.54, 1.807) is 24.3 Å². The molecule has 0 spiro atoms. The number of benzene rings is 4. The maximum Gasteiger partial charge on any atom is 0.207 e. The van der Waals surface area contributed by atoms with E-state index in [2.05, 4.69) is 0 Å². The van der Waals surface area contributed by atoms with Crippen molar-refractivity contribution < 1.29 is 8.42 Å². The fourth-order valence-electron chi connectivity index (χ4n) is 4.17. The van der Waals surface area contributed by atoms with E-state index in [-0.39, 0.29) is 4.90 Å². The molecule has 0 atom stereocenters. The molecule has 1 aromatic heterocycles. The van der Waals surface area contributed by atoms with Gasteiger partial charge in [0.2, 0.25) is 9.84 Å². The fraction of sp³-hybridized carbons (Fsp3) is 0. The number of rotatable bonds is 3. The van der Waals surface area contributed by atoms with E-state index in [0.717, 1.165) is 11.1 Å². The molecule has 5 aromatic rings. The summed E-state index contributed by atoms with van der Waals surface area (Å²) in [6.07, 6.45) is 0. The van der Waals surface area contributed by atoms with Crippen molar-refractivity contribution in [3.8, 4) is 45.3 Å². The first kappa shape index (κ1) is 19.5. The Morgan fingerprint density at radius 3 is 1.58 bits per heavy atom. The maximum atomic E-state index is 13.2. The molecular weight excluding hydrogens is 430 g/mol. The van der Waals surface area contributed by atoms with Crippen LogP contribution in [0.25, 0.3) is 45.3 Å². The second kappa shape index (κ2) is 7.46. The first-order valence-electron chi connectivity index (χ1n) is 10.5. The van der Waals surface area contributed by atoms with Crippen LogP contribution in [0.3, 0.4) is 0 Å². The van der Waals surface area contributed by atoms with Crippen LogP contribution >= 0.6 is 0 Å². The minimum atomic E-state index is -3.59. The summed E-state index contributed by atoms with van der Waals surface area (Å²) in [5.41, 5.74) is 3.69.